The Hall–Kier alpha value is -2.78. The monoisotopic (exact) mass is 491 g/mol. The van der Waals surface area contributed by atoms with E-state index >= 15 is 0 Å². The van der Waals surface area contributed by atoms with Gasteiger partial charge in [-0.05, 0) is 24.6 Å². The van der Waals surface area contributed by atoms with E-state index in [1.807, 2.05) is 35.2 Å². The molecule has 0 saturated carbocycles. The summed E-state index contributed by atoms with van der Waals surface area (Å²) in [5, 5.41) is 1.65. The third-order valence-corrected chi connectivity index (χ3v) is 7.75. The van der Waals surface area contributed by atoms with Crippen LogP contribution in [-0.2, 0) is 20.9 Å². The number of nitrogens with one attached hydrogen (secondary N) is 1. The zero-order valence-electron chi connectivity index (χ0n) is 21.3. The highest BCUT2D eigenvalue weighted by molar-refractivity contribution is 5.98. The van der Waals surface area contributed by atoms with Gasteiger partial charge in [0.15, 0.2) is 0 Å². The topological polar surface area (TPSA) is 68.4 Å². The van der Waals surface area contributed by atoms with Gasteiger partial charge in [0.1, 0.15) is 0 Å². The number of para-hydroxylation sites is 1. The number of carbonyl (C=O) groups is 2. The van der Waals surface area contributed by atoms with Crippen molar-refractivity contribution in [2.75, 3.05) is 64.5 Å². The molecule has 3 heterocycles. The predicted octanol–water partition coefficient (Wildman–Crippen LogP) is 1.75. The third kappa shape index (κ3) is 5.32. The maximum absolute atomic E-state index is 13.8. The van der Waals surface area contributed by atoms with E-state index in [1.165, 1.54) is 11.1 Å². The molecule has 192 valence electrons. The number of ether oxygens (including phenoxy) is 1. The zero-order chi connectivity index (χ0) is 25.1. The molecule has 3 fully saturated rings. The molecule has 2 amide bonds. The number of carbonyl (C=O) groups excluding carboxylic acids is 2. The van der Waals surface area contributed by atoms with E-state index in [2.05, 4.69) is 46.4 Å². The van der Waals surface area contributed by atoms with Crippen LogP contribution in [0, 0.1) is 18.8 Å². The zero-order valence-corrected chi connectivity index (χ0v) is 21.3. The van der Waals surface area contributed by atoms with Gasteiger partial charge in [-0.25, -0.2) is 10.4 Å². The average Bonchev–Trinajstić information content (AvgIpc) is 3.25. The van der Waals surface area contributed by atoms with Crippen molar-refractivity contribution in [1.82, 2.24) is 20.1 Å². The minimum absolute atomic E-state index is 0.0361. The highest BCUT2D eigenvalue weighted by Crippen LogP contribution is 2.33. The van der Waals surface area contributed by atoms with Gasteiger partial charge in [-0.1, -0.05) is 48.0 Å². The molecule has 2 aromatic carbocycles. The summed E-state index contributed by atoms with van der Waals surface area (Å²) < 4.78 is 5.30. The minimum atomic E-state index is -0.276. The van der Waals surface area contributed by atoms with E-state index in [0.29, 0.717) is 39.3 Å². The lowest BCUT2D eigenvalue weighted by Gasteiger charge is -2.42. The van der Waals surface area contributed by atoms with E-state index in [1.54, 1.807) is 12.1 Å². The molecule has 3 atom stereocenters. The molecule has 5 rings (SSSR count). The van der Waals surface area contributed by atoms with Crippen LogP contribution in [0.5, 0.6) is 0 Å². The summed E-state index contributed by atoms with van der Waals surface area (Å²) in [5.41, 5.74) is 6.81. The Labute approximate surface area is 213 Å². The average molecular weight is 492 g/mol. The number of hydrogen-bond donors (Lipinski definition) is 1. The van der Waals surface area contributed by atoms with Crippen LogP contribution >= 0.6 is 0 Å². The molecule has 0 bridgehead atoms. The first-order chi connectivity index (χ1) is 17.5. The largest absolute Gasteiger partial charge is 0.383 e. The number of likely N-dealkylation sites (tertiary alicyclic amines) is 1. The van der Waals surface area contributed by atoms with Gasteiger partial charge in [-0.3, -0.25) is 19.4 Å². The lowest BCUT2D eigenvalue weighted by molar-refractivity contribution is -0.141. The molecule has 3 aliphatic rings. The summed E-state index contributed by atoms with van der Waals surface area (Å²) in [7, 11) is 1.69. The summed E-state index contributed by atoms with van der Waals surface area (Å²) in [6, 6.07) is 18.1. The second-order valence-corrected chi connectivity index (χ2v) is 10.2. The van der Waals surface area contributed by atoms with Crippen LogP contribution in [0.1, 0.15) is 11.1 Å². The van der Waals surface area contributed by atoms with Crippen LogP contribution in [0.4, 0.5) is 5.69 Å². The van der Waals surface area contributed by atoms with Crippen LogP contribution in [0.15, 0.2) is 54.6 Å². The number of amides is 2. The Bertz CT molecular complexity index is 1040. The maximum atomic E-state index is 13.8. The molecule has 3 aliphatic heterocycles. The highest BCUT2D eigenvalue weighted by atomic mass is 16.5. The Morgan fingerprint density at radius 3 is 2.39 bits per heavy atom. The van der Waals surface area contributed by atoms with Crippen LogP contribution in [0.2, 0.25) is 0 Å². The summed E-state index contributed by atoms with van der Waals surface area (Å²) >= 11 is 0. The van der Waals surface area contributed by atoms with Gasteiger partial charge in [0.05, 0.1) is 30.2 Å². The molecule has 2 aromatic rings. The van der Waals surface area contributed by atoms with Crippen molar-refractivity contribution in [1.29, 1.82) is 0 Å². The van der Waals surface area contributed by atoms with Crippen molar-refractivity contribution in [3.8, 4) is 0 Å². The molecule has 3 unspecified atom stereocenters. The summed E-state index contributed by atoms with van der Waals surface area (Å²) in [5.74, 6) is -0.346. The van der Waals surface area contributed by atoms with Gasteiger partial charge < -0.3 is 9.64 Å². The lowest BCUT2D eigenvalue weighted by atomic mass is 9.83. The van der Waals surface area contributed by atoms with E-state index in [-0.39, 0.29) is 29.7 Å². The Morgan fingerprint density at radius 2 is 1.69 bits per heavy atom. The number of piperidine rings is 1. The Balaban J connectivity index is 1.26. The van der Waals surface area contributed by atoms with Gasteiger partial charge in [0, 0.05) is 59.5 Å². The van der Waals surface area contributed by atoms with Crippen molar-refractivity contribution in [3.63, 3.8) is 0 Å². The van der Waals surface area contributed by atoms with E-state index in [0.717, 1.165) is 25.3 Å². The number of fused-ring (bicyclic) bond motifs is 1. The summed E-state index contributed by atoms with van der Waals surface area (Å²) in [6.45, 7) is 8.72. The van der Waals surface area contributed by atoms with E-state index in [4.69, 9.17) is 4.74 Å². The minimum Gasteiger partial charge on any atom is -0.383 e. The first-order valence-corrected chi connectivity index (χ1v) is 13.0. The maximum Gasteiger partial charge on any atom is 0.247 e. The van der Waals surface area contributed by atoms with Gasteiger partial charge in [0.25, 0.3) is 0 Å². The molecule has 8 nitrogen and oxygen atoms in total. The van der Waals surface area contributed by atoms with Crippen molar-refractivity contribution < 1.29 is 14.3 Å². The fraction of sp³-hybridized carbons (Fsp3) is 0.500. The number of aryl methyl sites for hydroxylation is 1. The summed E-state index contributed by atoms with van der Waals surface area (Å²) in [6.07, 6.45) is 0. The molecule has 0 aromatic heterocycles. The molecular formula is C28H37N5O3. The highest BCUT2D eigenvalue weighted by Gasteiger charge is 2.51. The first kappa shape index (κ1) is 24.9. The number of hydrogen-bond acceptors (Lipinski definition) is 6. The second kappa shape index (κ2) is 11.1. The molecule has 8 heteroatoms. The van der Waals surface area contributed by atoms with Crippen molar-refractivity contribution in [2.24, 2.45) is 11.8 Å². The molecule has 0 spiro atoms. The summed E-state index contributed by atoms with van der Waals surface area (Å²) in [4.78, 5) is 33.9. The number of anilines is 1. The van der Waals surface area contributed by atoms with Crippen molar-refractivity contribution >= 4 is 17.5 Å². The van der Waals surface area contributed by atoms with Gasteiger partial charge >= 0.3 is 0 Å². The number of hydrazine groups is 1. The normalized spacial score (nSPS) is 25.3. The van der Waals surface area contributed by atoms with Crippen molar-refractivity contribution in [2.45, 2.75) is 19.5 Å². The third-order valence-electron chi connectivity index (χ3n) is 7.75. The van der Waals surface area contributed by atoms with Crippen LogP contribution < -0.4 is 10.4 Å². The van der Waals surface area contributed by atoms with Crippen LogP contribution in [-0.4, -0.2) is 92.1 Å². The number of piperazine rings is 1. The fourth-order valence-electron chi connectivity index (χ4n) is 5.65. The van der Waals surface area contributed by atoms with E-state index < -0.39 is 0 Å². The van der Waals surface area contributed by atoms with Gasteiger partial charge in [-0.2, -0.15) is 0 Å². The second-order valence-electron chi connectivity index (χ2n) is 10.2. The number of benzene rings is 2. The fourth-order valence-corrected chi connectivity index (χ4v) is 5.65. The number of methoxy groups -OCH3 is 1. The van der Waals surface area contributed by atoms with Gasteiger partial charge in [0.2, 0.25) is 11.8 Å². The molecule has 1 N–H and O–H groups in total. The van der Waals surface area contributed by atoms with E-state index in [9.17, 15) is 9.59 Å². The first-order valence-electron chi connectivity index (χ1n) is 13.0. The number of rotatable bonds is 7. The Kier molecular flexibility index (Phi) is 7.67. The van der Waals surface area contributed by atoms with Crippen molar-refractivity contribution in [3.05, 3.63) is 65.7 Å². The molecule has 0 radical (unpaired) electrons. The Morgan fingerprint density at radius 1 is 0.972 bits per heavy atom. The predicted molar refractivity (Wildman–Crippen MR) is 139 cm³/mol. The molecule has 0 aliphatic carbocycles. The standard InChI is InChI=1S/C28H37N5O3/c1-21-8-10-22(11-9-21)18-30-12-14-32(15-13-30)27(34)24-19-31(16-17-36-2)20-25-26(24)29-33(28(25)35)23-6-4-3-5-7-23/h3-11,24-26,29H,12-20H2,1-2H3. The van der Waals surface area contributed by atoms with Crippen LogP contribution in [0.25, 0.3) is 0 Å². The molecular weight excluding hydrogens is 454 g/mol. The molecule has 36 heavy (non-hydrogen) atoms. The quantitative estimate of drug-likeness (QED) is 0.637. The lowest BCUT2D eigenvalue weighted by Crippen LogP contribution is -2.60. The smallest absolute Gasteiger partial charge is 0.247 e. The SMILES string of the molecule is COCCN1CC(C(=O)N2CCN(Cc3ccc(C)cc3)CC2)C2NN(c3ccccc3)C(=O)C2C1. The van der Waals surface area contributed by atoms with Gasteiger partial charge in [-0.15, -0.1) is 0 Å². The number of nitrogens with zero attached hydrogens (tertiary/aromatic N) is 4. The molecule has 3 saturated heterocycles. The van der Waals surface area contributed by atoms with Crippen LogP contribution in [0.3, 0.4) is 0 Å².